The maximum Gasteiger partial charge on any atom is 0.125 e. The van der Waals surface area contributed by atoms with Gasteiger partial charge >= 0.3 is 0 Å². The lowest BCUT2D eigenvalue weighted by Gasteiger charge is -2.08. The van der Waals surface area contributed by atoms with Crippen molar-refractivity contribution in [2.45, 2.75) is 13.5 Å². The Hall–Kier alpha value is -2.42. The third kappa shape index (κ3) is 2.77. The smallest absolute Gasteiger partial charge is 0.125 e. The van der Waals surface area contributed by atoms with E-state index >= 15 is 0 Å². The van der Waals surface area contributed by atoms with Crippen LogP contribution in [0.25, 0.3) is 10.9 Å². The minimum atomic E-state index is -0.229. The molecule has 1 N–H and O–H groups in total. The van der Waals surface area contributed by atoms with Gasteiger partial charge in [-0.05, 0) is 48.9 Å². The molecule has 0 radical (unpaired) electrons. The Morgan fingerprint density at radius 3 is 2.80 bits per heavy atom. The van der Waals surface area contributed by atoms with E-state index in [1.807, 2.05) is 31.2 Å². The molecule has 0 amide bonds. The van der Waals surface area contributed by atoms with Gasteiger partial charge < -0.3 is 5.32 Å². The van der Waals surface area contributed by atoms with Gasteiger partial charge in [0.15, 0.2) is 0 Å². The summed E-state index contributed by atoms with van der Waals surface area (Å²) in [6.07, 6.45) is 0. The lowest BCUT2D eigenvalue weighted by molar-refractivity contribution is 0.628. The Kier molecular flexibility index (Phi) is 3.33. The first kappa shape index (κ1) is 12.6. The summed E-state index contributed by atoms with van der Waals surface area (Å²) in [5.41, 5.74) is 3.95. The van der Waals surface area contributed by atoms with Crippen LogP contribution in [0, 0.1) is 12.7 Å². The van der Waals surface area contributed by atoms with Crippen molar-refractivity contribution < 1.29 is 4.39 Å². The molecule has 0 fully saturated rings. The van der Waals surface area contributed by atoms with Crippen LogP contribution in [0.4, 0.5) is 10.1 Å². The summed E-state index contributed by atoms with van der Waals surface area (Å²) in [7, 11) is 0. The Morgan fingerprint density at radius 2 is 1.95 bits per heavy atom. The Bertz CT molecular complexity index is 753. The summed E-state index contributed by atoms with van der Waals surface area (Å²) in [4.78, 5) is 4.48. The van der Waals surface area contributed by atoms with Crippen LogP contribution < -0.4 is 5.32 Å². The number of halogens is 1. The van der Waals surface area contributed by atoms with E-state index in [9.17, 15) is 4.39 Å². The second-order valence-electron chi connectivity index (χ2n) is 4.84. The monoisotopic (exact) mass is 266 g/mol. The predicted molar refractivity (Wildman–Crippen MR) is 80.2 cm³/mol. The fourth-order valence-corrected chi connectivity index (χ4v) is 2.19. The van der Waals surface area contributed by atoms with Crippen molar-refractivity contribution in [2.75, 3.05) is 5.32 Å². The summed E-state index contributed by atoms with van der Waals surface area (Å²) in [6, 6.07) is 16.7. The zero-order valence-corrected chi connectivity index (χ0v) is 11.2. The summed E-state index contributed by atoms with van der Waals surface area (Å²) in [5.74, 6) is -0.229. The maximum atomic E-state index is 13.1. The predicted octanol–water partition coefficient (Wildman–Crippen LogP) is 4.29. The highest BCUT2D eigenvalue weighted by atomic mass is 19.1. The van der Waals surface area contributed by atoms with Crippen LogP contribution in [0.5, 0.6) is 0 Å². The van der Waals surface area contributed by atoms with E-state index in [0.717, 1.165) is 27.8 Å². The molecule has 0 bridgehead atoms. The number of anilines is 1. The van der Waals surface area contributed by atoms with E-state index in [2.05, 4.69) is 22.4 Å². The Morgan fingerprint density at radius 1 is 1.05 bits per heavy atom. The number of benzene rings is 2. The molecule has 0 aliphatic carbocycles. The van der Waals surface area contributed by atoms with Crippen LogP contribution in [0.1, 0.15) is 11.3 Å². The quantitative estimate of drug-likeness (QED) is 0.764. The summed E-state index contributed by atoms with van der Waals surface area (Å²) in [6.45, 7) is 2.64. The number of nitrogens with zero attached hydrogens (tertiary/aromatic N) is 1. The minimum absolute atomic E-state index is 0.229. The largest absolute Gasteiger partial charge is 0.381 e. The molecule has 1 heterocycles. The molecule has 3 heteroatoms. The standard InChI is InChI=1S/C17H15FN2/c1-12-5-7-14-9-13(6-8-17(14)20-12)11-19-16-4-2-3-15(18)10-16/h2-10,19H,11H2,1H3. The third-order valence-corrected chi connectivity index (χ3v) is 3.21. The first-order valence-corrected chi connectivity index (χ1v) is 6.56. The molecule has 0 aliphatic heterocycles. The molecular formula is C17H15FN2. The van der Waals surface area contributed by atoms with Gasteiger partial charge in [0, 0.05) is 23.3 Å². The van der Waals surface area contributed by atoms with E-state index in [-0.39, 0.29) is 5.82 Å². The van der Waals surface area contributed by atoms with E-state index < -0.39 is 0 Å². The number of aromatic nitrogens is 1. The van der Waals surface area contributed by atoms with Crippen molar-refractivity contribution in [3.05, 3.63) is 71.7 Å². The molecule has 0 atom stereocenters. The highest BCUT2D eigenvalue weighted by molar-refractivity contribution is 5.79. The SMILES string of the molecule is Cc1ccc2cc(CNc3cccc(F)c3)ccc2n1. The molecule has 2 nitrogen and oxygen atoms in total. The zero-order chi connectivity index (χ0) is 13.9. The van der Waals surface area contributed by atoms with E-state index in [1.54, 1.807) is 6.07 Å². The second-order valence-corrected chi connectivity index (χ2v) is 4.84. The van der Waals surface area contributed by atoms with Gasteiger partial charge in [-0.15, -0.1) is 0 Å². The second kappa shape index (κ2) is 5.29. The maximum absolute atomic E-state index is 13.1. The van der Waals surface area contributed by atoms with Crippen LogP contribution in [0.15, 0.2) is 54.6 Å². The van der Waals surface area contributed by atoms with Gasteiger partial charge in [-0.1, -0.05) is 18.2 Å². The number of hydrogen-bond donors (Lipinski definition) is 1. The summed E-state index contributed by atoms with van der Waals surface area (Å²) < 4.78 is 13.1. The number of hydrogen-bond acceptors (Lipinski definition) is 2. The normalized spacial score (nSPS) is 10.7. The number of aryl methyl sites for hydroxylation is 1. The van der Waals surface area contributed by atoms with Gasteiger partial charge in [-0.25, -0.2) is 4.39 Å². The third-order valence-electron chi connectivity index (χ3n) is 3.21. The highest BCUT2D eigenvalue weighted by Gasteiger charge is 1.99. The topological polar surface area (TPSA) is 24.9 Å². The number of rotatable bonds is 3. The van der Waals surface area contributed by atoms with Crippen molar-refractivity contribution in [2.24, 2.45) is 0 Å². The van der Waals surface area contributed by atoms with Gasteiger partial charge in [0.25, 0.3) is 0 Å². The average molecular weight is 266 g/mol. The van der Waals surface area contributed by atoms with Gasteiger partial charge in [0.05, 0.1) is 5.52 Å². The Balaban J connectivity index is 1.79. The Labute approximate surface area is 117 Å². The molecule has 0 saturated heterocycles. The highest BCUT2D eigenvalue weighted by Crippen LogP contribution is 2.16. The van der Waals surface area contributed by atoms with Gasteiger partial charge in [-0.2, -0.15) is 0 Å². The van der Waals surface area contributed by atoms with Crippen LogP contribution in [-0.4, -0.2) is 4.98 Å². The van der Waals surface area contributed by atoms with Crippen LogP contribution >= 0.6 is 0 Å². The molecule has 0 unspecified atom stereocenters. The molecule has 0 aliphatic rings. The number of fused-ring (bicyclic) bond motifs is 1. The molecule has 0 saturated carbocycles. The van der Waals surface area contributed by atoms with E-state index in [1.165, 1.54) is 12.1 Å². The molecule has 2 aromatic carbocycles. The minimum Gasteiger partial charge on any atom is -0.381 e. The first-order chi connectivity index (χ1) is 9.70. The molecule has 3 aromatic rings. The molecule has 20 heavy (non-hydrogen) atoms. The fraction of sp³-hybridized carbons (Fsp3) is 0.118. The van der Waals surface area contributed by atoms with Crippen LogP contribution in [0.2, 0.25) is 0 Å². The zero-order valence-electron chi connectivity index (χ0n) is 11.2. The van der Waals surface area contributed by atoms with Crippen molar-refractivity contribution in [1.82, 2.24) is 4.98 Å². The van der Waals surface area contributed by atoms with Crippen molar-refractivity contribution in [1.29, 1.82) is 0 Å². The molecule has 100 valence electrons. The molecule has 0 spiro atoms. The average Bonchev–Trinajstić information content (AvgIpc) is 2.45. The van der Waals surface area contributed by atoms with Crippen molar-refractivity contribution >= 4 is 16.6 Å². The van der Waals surface area contributed by atoms with Gasteiger partial charge in [0.1, 0.15) is 5.82 Å². The van der Waals surface area contributed by atoms with Crippen LogP contribution in [-0.2, 0) is 6.54 Å². The van der Waals surface area contributed by atoms with E-state index in [4.69, 9.17) is 0 Å². The van der Waals surface area contributed by atoms with E-state index in [0.29, 0.717) is 6.54 Å². The molecule has 1 aromatic heterocycles. The molecular weight excluding hydrogens is 251 g/mol. The van der Waals surface area contributed by atoms with Crippen molar-refractivity contribution in [3.63, 3.8) is 0 Å². The van der Waals surface area contributed by atoms with Crippen molar-refractivity contribution in [3.8, 4) is 0 Å². The summed E-state index contributed by atoms with van der Waals surface area (Å²) >= 11 is 0. The van der Waals surface area contributed by atoms with Gasteiger partial charge in [0.2, 0.25) is 0 Å². The fourth-order valence-electron chi connectivity index (χ4n) is 2.19. The number of nitrogens with one attached hydrogen (secondary N) is 1. The molecule has 3 rings (SSSR count). The first-order valence-electron chi connectivity index (χ1n) is 6.56. The number of pyridine rings is 1. The summed E-state index contributed by atoms with van der Waals surface area (Å²) in [5, 5.41) is 4.34. The lowest BCUT2D eigenvalue weighted by Crippen LogP contribution is -1.99. The lowest BCUT2D eigenvalue weighted by atomic mass is 10.1. The van der Waals surface area contributed by atoms with Gasteiger partial charge in [-0.3, -0.25) is 4.98 Å². The van der Waals surface area contributed by atoms with Crippen LogP contribution in [0.3, 0.4) is 0 Å².